The van der Waals surface area contributed by atoms with Crippen LogP contribution in [-0.4, -0.2) is 17.1 Å². The second-order valence-electron chi connectivity index (χ2n) is 5.80. The summed E-state index contributed by atoms with van der Waals surface area (Å²) in [5, 5.41) is 5.86. The van der Waals surface area contributed by atoms with Gasteiger partial charge in [-0.2, -0.15) is 0 Å². The molecule has 4 nitrogen and oxygen atoms in total. The van der Waals surface area contributed by atoms with E-state index in [1.807, 2.05) is 0 Å². The van der Waals surface area contributed by atoms with Gasteiger partial charge in [-0.05, 0) is 47.7 Å². The fourth-order valence-electron chi connectivity index (χ4n) is 3.38. The highest BCUT2D eigenvalue weighted by atomic mass is 35.5. The lowest BCUT2D eigenvalue weighted by molar-refractivity contribution is 0.251. The molecule has 2 aliphatic rings. The number of benzene rings is 1. The minimum Gasteiger partial charge on any atom is -0.334 e. The number of anilines is 1. The molecule has 1 aromatic heterocycles. The molecule has 4 rings (SSSR count). The number of hydrogen-bond donors (Lipinski definition) is 2. The second-order valence-corrected chi connectivity index (χ2v) is 6.24. The van der Waals surface area contributed by atoms with Crippen molar-refractivity contribution in [3.63, 3.8) is 0 Å². The van der Waals surface area contributed by atoms with Crippen molar-refractivity contribution in [2.75, 3.05) is 5.32 Å². The first-order valence-corrected chi connectivity index (χ1v) is 7.58. The predicted octanol–water partition coefficient (Wildman–Crippen LogP) is 3.97. The van der Waals surface area contributed by atoms with Crippen LogP contribution in [0.15, 0.2) is 30.5 Å². The Labute approximate surface area is 138 Å². The number of halogens is 3. The molecule has 0 radical (unpaired) electrons. The summed E-state index contributed by atoms with van der Waals surface area (Å²) in [7, 11) is 0. The lowest BCUT2D eigenvalue weighted by atomic mass is 10.0. The maximum atomic E-state index is 13.9. The van der Waals surface area contributed by atoms with E-state index < -0.39 is 11.8 Å². The topological polar surface area (TPSA) is 54.0 Å². The van der Waals surface area contributed by atoms with E-state index in [0.29, 0.717) is 28.4 Å². The summed E-state index contributed by atoms with van der Waals surface area (Å²) in [4.78, 5) is 15.9. The van der Waals surface area contributed by atoms with E-state index >= 15 is 0 Å². The van der Waals surface area contributed by atoms with E-state index in [2.05, 4.69) is 15.6 Å². The molecule has 1 aromatic carbocycles. The van der Waals surface area contributed by atoms with Crippen molar-refractivity contribution in [2.45, 2.75) is 18.4 Å². The molecule has 2 aliphatic carbocycles. The van der Waals surface area contributed by atoms with Crippen LogP contribution in [0.4, 0.5) is 19.4 Å². The van der Waals surface area contributed by atoms with Crippen molar-refractivity contribution >= 4 is 23.4 Å². The van der Waals surface area contributed by atoms with Crippen LogP contribution in [0.1, 0.15) is 19.9 Å². The average Bonchev–Trinajstić information content (AvgIpc) is 3.00. The van der Waals surface area contributed by atoms with E-state index in [9.17, 15) is 13.6 Å². The van der Waals surface area contributed by atoms with E-state index in [0.717, 1.165) is 12.1 Å². The van der Waals surface area contributed by atoms with Gasteiger partial charge in [0.05, 0.1) is 5.02 Å². The summed E-state index contributed by atoms with van der Waals surface area (Å²) < 4.78 is 27.6. The Hall–Kier alpha value is -2.21. The maximum Gasteiger partial charge on any atom is 0.320 e. The first-order chi connectivity index (χ1) is 11.0. The molecule has 2 aromatic rings. The van der Waals surface area contributed by atoms with E-state index in [4.69, 9.17) is 11.6 Å². The van der Waals surface area contributed by atoms with Gasteiger partial charge in [-0.15, -0.1) is 0 Å². The van der Waals surface area contributed by atoms with Crippen LogP contribution in [0.2, 0.25) is 5.02 Å². The number of nitrogens with zero attached hydrogens (tertiary/aromatic N) is 1. The van der Waals surface area contributed by atoms with Crippen molar-refractivity contribution in [3.8, 4) is 0 Å². The molecule has 3 atom stereocenters. The molecule has 1 heterocycles. The summed E-state index contributed by atoms with van der Waals surface area (Å²) in [5.41, 5.74) is 0.850. The number of carbonyl (C=O) groups is 1. The largest absolute Gasteiger partial charge is 0.334 e. The summed E-state index contributed by atoms with van der Waals surface area (Å²) in [6.45, 7) is 0. The number of nitrogens with one attached hydrogen (secondary N) is 2. The predicted molar refractivity (Wildman–Crippen MR) is 85.7 cm³/mol. The van der Waals surface area contributed by atoms with Crippen molar-refractivity contribution in [1.82, 2.24) is 10.3 Å². The molecule has 0 unspecified atom stereocenters. The minimum absolute atomic E-state index is 0. The summed E-state index contributed by atoms with van der Waals surface area (Å²) in [6.07, 6.45) is 1.88. The SMILES string of the molecule is O=C(Nc1ccc(Cl)cn1)N[C@@H]1[C@@H]2Cc3c(F)ccc(F)c3[C@@H]21.[HH].[HH]. The van der Waals surface area contributed by atoms with E-state index in [-0.39, 0.29) is 26.5 Å². The first-order valence-electron chi connectivity index (χ1n) is 7.20. The van der Waals surface area contributed by atoms with Crippen LogP contribution < -0.4 is 10.6 Å². The fraction of sp³-hybridized carbons (Fsp3) is 0.250. The van der Waals surface area contributed by atoms with Crippen molar-refractivity contribution in [1.29, 1.82) is 0 Å². The van der Waals surface area contributed by atoms with Gasteiger partial charge >= 0.3 is 6.03 Å². The average molecular weight is 340 g/mol. The number of rotatable bonds is 2. The second kappa shape index (κ2) is 5.16. The summed E-state index contributed by atoms with van der Waals surface area (Å²) in [5.74, 6) is -0.500. The minimum atomic E-state index is -0.419. The van der Waals surface area contributed by atoms with Gasteiger partial charge in [0, 0.05) is 21.0 Å². The van der Waals surface area contributed by atoms with Gasteiger partial charge in [0.2, 0.25) is 0 Å². The monoisotopic (exact) mass is 339 g/mol. The highest BCUT2D eigenvalue weighted by molar-refractivity contribution is 6.30. The van der Waals surface area contributed by atoms with Gasteiger partial charge in [0.15, 0.2) is 0 Å². The number of urea groups is 1. The number of amides is 2. The molecule has 0 aliphatic heterocycles. The third kappa shape index (κ3) is 2.43. The Morgan fingerprint density at radius 2 is 2.04 bits per heavy atom. The van der Waals surface area contributed by atoms with Gasteiger partial charge in [0.1, 0.15) is 17.5 Å². The quantitative estimate of drug-likeness (QED) is 0.870. The molecular formula is C16H16ClF2N3O. The normalized spacial score (nSPS) is 23.9. The fourth-order valence-corrected chi connectivity index (χ4v) is 3.50. The van der Waals surface area contributed by atoms with Gasteiger partial charge in [-0.1, -0.05) is 11.6 Å². The molecule has 1 fully saturated rings. The van der Waals surface area contributed by atoms with Gasteiger partial charge in [0.25, 0.3) is 0 Å². The zero-order valence-corrected chi connectivity index (χ0v) is 12.6. The zero-order chi connectivity index (χ0) is 16.1. The van der Waals surface area contributed by atoms with Crippen molar-refractivity contribution in [2.24, 2.45) is 5.92 Å². The molecule has 0 saturated heterocycles. The van der Waals surface area contributed by atoms with Crippen LogP contribution in [-0.2, 0) is 6.42 Å². The Morgan fingerprint density at radius 1 is 1.26 bits per heavy atom. The summed E-state index contributed by atoms with van der Waals surface area (Å²) in [6, 6.07) is 4.90. The molecule has 2 amide bonds. The summed E-state index contributed by atoms with van der Waals surface area (Å²) >= 11 is 5.73. The van der Waals surface area contributed by atoms with Crippen LogP contribution in [0.25, 0.3) is 0 Å². The number of carbonyl (C=O) groups excluding carboxylic acids is 1. The van der Waals surface area contributed by atoms with Gasteiger partial charge in [-0.25, -0.2) is 18.6 Å². The molecule has 2 N–H and O–H groups in total. The Kier molecular flexibility index (Phi) is 3.23. The lowest BCUT2D eigenvalue weighted by Crippen LogP contribution is -2.33. The number of fused-ring (bicyclic) bond motifs is 3. The molecule has 23 heavy (non-hydrogen) atoms. The molecule has 122 valence electrons. The molecule has 0 spiro atoms. The highest BCUT2D eigenvalue weighted by Crippen LogP contribution is 2.57. The maximum absolute atomic E-state index is 13.9. The molecular weight excluding hydrogens is 324 g/mol. The first kappa shape index (κ1) is 14.4. The zero-order valence-electron chi connectivity index (χ0n) is 11.8. The number of aromatic nitrogens is 1. The lowest BCUT2D eigenvalue weighted by Gasteiger charge is -2.11. The Bertz CT molecular complexity index is 807. The number of pyridine rings is 1. The van der Waals surface area contributed by atoms with Crippen LogP contribution >= 0.6 is 11.6 Å². The van der Waals surface area contributed by atoms with Crippen LogP contribution in [0, 0.1) is 17.6 Å². The third-order valence-corrected chi connectivity index (χ3v) is 4.68. The van der Waals surface area contributed by atoms with Crippen LogP contribution in [0.5, 0.6) is 0 Å². The standard InChI is InChI=1S/C16H12ClF2N3O.2H2/c17-7-1-4-12(20-6-7)21-16(23)22-15-9-5-8-10(18)2-3-11(19)13(8)14(9)15;;/h1-4,6,9,14-15H,5H2,(H2,20,21,22,23);2*1H/t9-,14-,15-;;/m1../s1. The van der Waals surface area contributed by atoms with Crippen molar-refractivity contribution in [3.05, 3.63) is 58.2 Å². The molecule has 0 bridgehead atoms. The third-order valence-electron chi connectivity index (χ3n) is 4.46. The van der Waals surface area contributed by atoms with Crippen LogP contribution in [0.3, 0.4) is 0 Å². The van der Waals surface area contributed by atoms with Gasteiger partial charge in [-0.3, -0.25) is 5.32 Å². The Balaban J connectivity index is 0.00000113. The molecule has 1 saturated carbocycles. The van der Waals surface area contributed by atoms with E-state index in [1.54, 1.807) is 12.1 Å². The Morgan fingerprint density at radius 3 is 2.78 bits per heavy atom. The molecule has 7 heteroatoms. The van der Waals surface area contributed by atoms with Crippen molar-refractivity contribution < 1.29 is 16.4 Å². The smallest absolute Gasteiger partial charge is 0.320 e. The van der Waals surface area contributed by atoms with Gasteiger partial charge < -0.3 is 5.32 Å². The number of hydrogen-bond acceptors (Lipinski definition) is 2. The van der Waals surface area contributed by atoms with E-state index in [1.165, 1.54) is 6.20 Å². The highest BCUT2D eigenvalue weighted by Gasteiger charge is 2.58.